The number of carbonyl (C=O) groups excluding carboxylic acids is 2. The van der Waals surface area contributed by atoms with Crippen LogP contribution in [0.1, 0.15) is 52.9 Å². The summed E-state index contributed by atoms with van der Waals surface area (Å²) in [6.45, 7) is 5.54. The minimum Gasteiger partial charge on any atom is -0.393 e. The molecule has 0 aromatic carbocycles. The number of hydrogen-bond acceptors (Lipinski definition) is 3. The van der Waals surface area contributed by atoms with Gasteiger partial charge in [0.1, 0.15) is 0 Å². The Morgan fingerprint density at radius 3 is 2.29 bits per heavy atom. The Labute approximate surface area is 85.8 Å². The molecule has 0 aliphatic rings. The predicted molar refractivity (Wildman–Crippen MR) is 54.7 cm³/mol. The van der Waals surface area contributed by atoms with Gasteiger partial charge in [0, 0.05) is 6.42 Å². The van der Waals surface area contributed by atoms with Crippen LogP contribution in [0.3, 0.4) is 0 Å². The molecule has 0 spiro atoms. The Bertz CT molecular complexity index is 185. The van der Waals surface area contributed by atoms with E-state index in [0.717, 1.165) is 25.7 Å². The molecule has 0 saturated carbocycles. The van der Waals surface area contributed by atoms with Crippen molar-refractivity contribution in [2.75, 3.05) is 0 Å². The van der Waals surface area contributed by atoms with Crippen molar-refractivity contribution < 1.29 is 14.3 Å². The van der Waals surface area contributed by atoms with Gasteiger partial charge in [0.25, 0.3) is 0 Å². The van der Waals surface area contributed by atoms with Crippen LogP contribution in [-0.4, -0.2) is 11.9 Å². The first-order valence-corrected chi connectivity index (χ1v) is 5.32. The van der Waals surface area contributed by atoms with Crippen molar-refractivity contribution in [3.8, 4) is 0 Å². The van der Waals surface area contributed by atoms with E-state index in [2.05, 4.69) is 11.7 Å². The maximum Gasteiger partial charge on any atom is 0.316 e. The molecule has 0 fully saturated rings. The third-order valence-corrected chi connectivity index (χ3v) is 1.92. The van der Waals surface area contributed by atoms with Crippen molar-refractivity contribution in [1.29, 1.82) is 0 Å². The zero-order chi connectivity index (χ0) is 11.0. The molecule has 0 aromatic heterocycles. The van der Waals surface area contributed by atoms with Gasteiger partial charge in [-0.05, 0) is 6.42 Å². The summed E-state index contributed by atoms with van der Waals surface area (Å²) in [6.07, 6.45) is 4.48. The highest BCUT2D eigenvalue weighted by Gasteiger charge is 2.13. The SMILES string of the molecule is CCCCCCC(=O)OC(=O)C(C)C. The van der Waals surface area contributed by atoms with Crippen LogP contribution in [-0.2, 0) is 14.3 Å². The van der Waals surface area contributed by atoms with E-state index < -0.39 is 5.97 Å². The van der Waals surface area contributed by atoms with E-state index in [1.54, 1.807) is 13.8 Å². The number of carbonyl (C=O) groups is 2. The predicted octanol–water partition coefficient (Wildman–Crippen LogP) is 2.68. The zero-order valence-corrected chi connectivity index (χ0v) is 9.34. The van der Waals surface area contributed by atoms with Gasteiger partial charge in [-0.15, -0.1) is 0 Å². The van der Waals surface area contributed by atoms with Gasteiger partial charge in [0.15, 0.2) is 0 Å². The quantitative estimate of drug-likeness (QED) is 0.376. The van der Waals surface area contributed by atoms with Crippen LogP contribution in [0.15, 0.2) is 0 Å². The Kier molecular flexibility index (Phi) is 7.07. The van der Waals surface area contributed by atoms with Crippen molar-refractivity contribution in [3.05, 3.63) is 0 Å². The number of unbranched alkanes of at least 4 members (excludes halogenated alkanes) is 3. The fourth-order valence-electron chi connectivity index (χ4n) is 0.977. The molecule has 0 aromatic rings. The lowest BCUT2D eigenvalue weighted by molar-refractivity contribution is -0.162. The molecule has 0 aliphatic heterocycles. The molecule has 3 nitrogen and oxygen atoms in total. The molecular formula is C11H20O3. The first-order valence-electron chi connectivity index (χ1n) is 5.32. The maximum atomic E-state index is 11.1. The molecule has 14 heavy (non-hydrogen) atoms. The lowest BCUT2D eigenvalue weighted by Gasteiger charge is -2.04. The number of esters is 2. The van der Waals surface area contributed by atoms with E-state index >= 15 is 0 Å². The third-order valence-electron chi connectivity index (χ3n) is 1.92. The fraction of sp³-hybridized carbons (Fsp3) is 0.818. The first-order chi connectivity index (χ1) is 6.57. The molecule has 0 radical (unpaired) electrons. The summed E-state index contributed by atoms with van der Waals surface area (Å²) in [6, 6.07) is 0. The maximum absolute atomic E-state index is 11.1. The lowest BCUT2D eigenvalue weighted by atomic mass is 10.1. The molecule has 0 bridgehead atoms. The molecule has 82 valence electrons. The topological polar surface area (TPSA) is 43.4 Å². The Morgan fingerprint density at radius 2 is 1.79 bits per heavy atom. The van der Waals surface area contributed by atoms with E-state index in [0.29, 0.717) is 6.42 Å². The molecule has 0 saturated heterocycles. The van der Waals surface area contributed by atoms with Gasteiger partial charge in [-0.2, -0.15) is 0 Å². The lowest BCUT2D eigenvalue weighted by Crippen LogP contribution is -2.16. The van der Waals surface area contributed by atoms with Crippen molar-refractivity contribution in [2.45, 2.75) is 52.9 Å². The molecule has 3 heteroatoms. The minimum absolute atomic E-state index is 0.227. The summed E-state index contributed by atoms with van der Waals surface area (Å²) in [5, 5.41) is 0. The highest BCUT2D eigenvalue weighted by Crippen LogP contribution is 2.05. The van der Waals surface area contributed by atoms with E-state index in [9.17, 15) is 9.59 Å². The van der Waals surface area contributed by atoms with Gasteiger partial charge in [0.05, 0.1) is 5.92 Å². The number of rotatable bonds is 6. The summed E-state index contributed by atoms with van der Waals surface area (Å²) in [7, 11) is 0. The summed E-state index contributed by atoms with van der Waals surface area (Å²) < 4.78 is 4.61. The van der Waals surface area contributed by atoms with Gasteiger partial charge in [-0.25, -0.2) is 0 Å². The van der Waals surface area contributed by atoms with E-state index in [-0.39, 0.29) is 11.9 Å². The van der Waals surface area contributed by atoms with Crippen LogP contribution >= 0.6 is 0 Å². The number of hydrogen-bond donors (Lipinski definition) is 0. The largest absolute Gasteiger partial charge is 0.393 e. The molecule has 0 atom stereocenters. The second-order valence-corrected chi connectivity index (χ2v) is 3.76. The zero-order valence-electron chi connectivity index (χ0n) is 9.34. The van der Waals surface area contributed by atoms with Crippen molar-refractivity contribution in [2.24, 2.45) is 5.92 Å². The standard InChI is InChI=1S/C11H20O3/c1-4-5-6-7-8-10(12)14-11(13)9(2)3/h9H,4-8H2,1-3H3. The van der Waals surface area contributed by atoms with Crippen molar-refractivity contribution in [1.82, 2.24) is 0 Å². The third kappa shape index (κ3) is 6.63. The van der Waals surface area contributed by atoms with E-state index in [1.807, 2.05) is 0 Å². The van der Waals surface area contributed by atoms with Crippen LogP contribution in [0.2, 0.25) is 0 Å². The molecule has 0 amide bonds. The Hall–Kier alpha value is -0.860. The van der Waals surface area contributed by atoms with Gasteiger partial charge in [-0.3, -0.25) is 9.59 Å². The van der Waals surface area contributed by atoms with Crippen molar-refractivity contribution >= 4 is 11.9 Å². The molecule has 0 unspecified atom stereocenters. The smallest absolute Gasteiger partial charge is 0.316 e. The Balaban J connectivity index is 3.51. The molecule has 0 aliphatic carbocycles. The van der Waals surface area contributed by atoms with E-state index in [4.69, 9.17) is 0 Å². The average molecular weight is 200 g/mol. The van der Waals surface area contributed by atoms with Crippen LogP contribution in [0.4, 0.5) is 0 Å². The average Bonchev–Trinajstić information content (AvgIpc) is 2.12. The molecule has 0 heterocycles. The minimum atomic E-state index is -0.425. The summed E-state index contributed by atoms with van der Waals surface area (Å²) in [4.78, 5) is 22.1. The van der Waals surface area contributed by atoms with Crippen LogP contribution in [0, 0.1) is 5.92 Å². The molecular weight excluding hydrogens is 180 g/mol. The molecule has 0 N–H and O–H groups in total. The number of ether oxygens (including phenoxy) is 1. The van der Waals surface area contributed by atoms with Crippen LogP contribution in [0.5, 0.6) is 0 Å². The summed E-state index contributed by atoms with van der Waals surface area (Å²) in [5.74, 6) is -1.04. The summed E-state index contributed by atoms with van der Waals surface area (Å²) >= 11 is 0. The highest BCUT2D eigenvalue weighted by atomic mass is 16.6. The second kappa shape index (κ2) is 7.54. The monoisotopic (exact) mass is 200 g/mol. The highest BCUT2D eigenvalue weighted by molar-refractivity contribution is 5.86. The van der Waals surface area contributed by atoms with E-state index in [1.165, 1.54) is 0 Å². The Morgan fingerprint density at radius 1 is 1.14 bits per heavy atom. The summed E-state index contributed by atoms with van der Waals surface area (Å²) in [5.41, 5.74) is 0. The van der Waals surface area contributed by atoms with Gasteiger partial charge in [-0.1, -0.05) is 40.0 Å². The van der Waals surface area contributed by atoms with Crippen molar-refractivity contribution in [3.63, 3.8) is 0 Å². The second-order valence-electron chi connectivity index (χ2n) is 3.76. The van der Waals surface area contributed by atoms with Gasteiger partial charge < -0.3 is 4.74 Å². The normalized spacial score (nSPS) is 10.3. The fourth-order valence-corrected chi connectivity index (χ4v) is 0.977. The van der Waals surface area contributed by atoms with Gasteiger partial charge >= 0.3 is 11.9 Å². The van der Waals surface area contributed by atoms with Crippen LogP contribution in [0.25, 0.3) is 0 Å². The first kappa shape index (κ1) is 13.1. The van der Waals surface area contributed by atoms with Crippen LogP contribution < -0.4 is 0 Å². The van der Waals surface area contributed by atoms with Gasteiger partial charge in [0.2, 0.25) is 0 Å². The molecule has 0 rings (SSSR count).